The molecule has 1 aromatic carbocycles. The molecule has 1 aromatic heterocycles. The maximum atomic E-state index is 13.1. The number of hydrogen-bond acceptors (Lipinski definition) is 2. The molecule has 3 nitrogen and oxygen atoms in total. The van der Waals surface area contributed by atoms with E-state index in [1.807, 2.05) is 13.8 Å². The Morgan fingerprint density at radius 3 is 2.95 bits per heavy atom. The van der Waals surface area contributed by atoms with Gasteiger partial charge in [-0.25, -0.2) is 9.37 Å². The predicted molar refractivity (Wildman–Crippen MR) is 78.6 cm³/mol. The van der Waals surface area contributed by atoms with Crippen LogP contribution in [0.5, 0.6) is 0 Å². The van der Waals surface area contributed by atoms with Crippen LogP contribution in [0.1, 0.15) is 26.0 Å². The van der Waals surface area contributed by atoms with Crippen molar-refractivity contribution in [3.63, 3.8) is 0 Å². The second kappa shape index (κ2) is 6.28. The topological polar surface area (TPSA) is 42.0 Å². The minimum atomic E-state index is -0.282. The van der Waals surface area contributed by atoms with Gasteiger partial charge in [0, 0.05) is 17.5 Å². The van der Waals surface area contributed by atoms with Gasteiger partial charge in [0.15, 0.2) is 0 Å². The number of pyridine rings is 1. The van der Waals surface area contributed by atoms with Crippen LogP contribution < -0.4 is 5.32 Å². The predicted octanol–water partition coefficient (Wildman–Crippen LogP) is 3.30. The van der Waals surface area contributed by atoms with Gasteiger partial charge in [-0.15, -0.1) is 0 Å². The van der Waals surface area contributed by atoms with Gasteiger partial charge in [0.1, 0.15) is 5.82 Å². The van der Waals surface area contributed by atoms with Crippen molar-refractivity contribution in [2.24, 2.45) is 0 Å². The number of carbonyl (C=O) groups excluding carboxylic acids is 1. The largest absolute Gasteiger partial charge is 0.350 e. The van der Waals surface area contributed by atoms with Crippen LogP contribution in [-0.2, 0) is 4.79 Å². The van der Waals surface area contributed by atoms with Crippen LogP contribution in [0, 0.1) is 5.82 Å². The van der Waals surface area contributed by atoms with Crippen molar-refractivity contribution in [1.29, 1.82) is 0 Å². The molecule has 1 atom stereocenters. The van der Waals surface area contributed by atoms with E-state index in [0.717, 1.165) is 11.8 Å². The molecule has 0 aliphatic heterocycles. The molecular formula is C16H17FN2O. The monoisotopic (exact) mass is 272 g/mol. The molecule has 1 N–H and O–H groups in total. The highest BCUT2D eigenvalue weighted by molar-refractivity contribution is 5.92. The second-order valence-corrected chi connectivity index (χ2v) is 4.72. The molecular weight excluding hydrogens is 255 g/mol. The normalized spacial score (nSPS) is 12.8. The first-order valence-electron chi connectivity index (χ1n) is 6.63. The van der Waals surface area contributed by atoms with Crippen LogP contribution >= 0.6 is 0 Å². The Morgan fingerprint density at radius 2 is 2.20 bits per heavy atom. The summed E-state index contributed by atoms with van der Waals surface area (Å²) in [7, 11) is 0. The lowest BCUT2D eigenvalue weighted by Crippen LogP contribution is -2.30. The van der Waals surface area contributed by atoms with Crippen molar-refractivity contribution in [2.45, 2.75) is 26.3 Å². The lowest BCUT2D eigenvalue weighted by Gasteiger charge is -2.08. The quantitative estimate of drug-likeness (QED) is 0.868. The van der Waals surface area contributed by atoms with Crippen molar-refractivity contribution in [3.05, 3.63) is 47.9 Å². The molecule has 4 heteroatoms. The average Bonchev–Trinajstić information content (AvgIpc) is 2.44. The zero-order valence-corrected chi connectivity index (χ0v) is 11.6. The average molecular weight is 272 g/mol. The molecule has 0 spiro atoms. The first kappa shape index (κ1) is 14.2. The number of nitrogens with one attached hydrogen (secondary N) is 1. The fourth-order valence-electron chi connectivity index (χ4n) is 1.76. The number of hydrogen-bond donors (Lipinski definition) is 1. The molecule has 0 aliphatic carbocycles. The Balaban J connectivity index is 2.13. The minimum Gasteiger partial charge on any atom is -0.350 e. The Bertz CT molecular complexity index is 652. The van der Waals surface area contributed by atoms with E-state index in [0.29, 0.717) is 11.2 Å². The summed E-state index contributed by atoms with van der Waals surface area (Å²) in [6.45, 7) is 3.97. The van der Waals surface area contributed by atoms with Gasteiger partial charge in [-0.05, 0) is 43.7 Å². The van der Waals surface area contributed by atoms with Crippen LogP contribution in [0.4, 0.5) is 4.39 Å². The van der Waals surface area contributed by atoms with Crippen molar-refractivity contribution in [2.75, 3.05) is 0 Å². The second-order valence-electron chi connectivity index (χ2n) is 4.72. The highest BCUT2D eigenvalue weighted by Gasteiger charge is 2.02. The van der Waals surface area contributed by atoms with E-state index in [1.165, 1.54) is 18.2 Å². The summed E-state index contributed by atoms with van der Waals surface area (Å²) in [5, 5.41) is 3.58. The lowest BCUT2D eigenvalue weighted by molar-refractivity contribution is -0.117. The summed E-state index contributed by atoms with van der Waals surface area (Å²) in [5.74, 6) is -0.420. The van der Waals surface area contributed by atoms with Crippen molar-refractivity contribution >= 4 is 22.9 Å². The number of aromatic nitrogens is 1. The molecule has 1 heterocycles. The van der Waals surface area contributed by atoms with Crippen molar-refractivity contribution < 1.29 is 9.18 Å². The molecule has 2 aromatic rings. The molecule has 1 unspecified atom stereocenters. The van der Waals surface area contributed by atoms with Gasteiger partial charge < -0.3 is 5.32 Å². The molecule has 0 aliphatic rings. The SMILES string of the molecule is CCC(C)NC(=O)/C=C/c1ccc2cc(F)ccc2n1. The van der Waals surface area contributed by atoms with Crippen LogP contribution in [0.15, 0.2) is 36.4 Å². The third-order valence-corrected chi connectivity index (χ3v) is 3.08. The van der Waals surface area contributed by atoms with E-state index in [9.17, 15) is 9.18 Å². The van der Waals surface area contributed by atoms with E-state index < -0.39 is 0 Å². The number of benzene rings is 1. The van der Waals surface area contributed by atoms with Crippen LogP contribution in [-0.4, -0.2) is 16.9 Å². The third kappa shape index (κ3) is 3.63. The van der Waals surface area contributed by atoms with Gasteiger partial charge in [-0.1, -0.05) is 13.0 Å². The summed E-state index contributed by atoms with van der Waals surface area (Å²) in [6.07, 6.45) is 4.00. The highest BCUT2D eigenvalue weighted by atomic mass is 19.1. The molecule has 104 valence electrons. The summed E-state index contributed by atoms with van der Waals surface area (Å²) in [5.41, 5.74) is 1.37. The van der Waals surface area contributed by atoms with E-state index in [4.69, 9.17) is 0 Å². The fourth-order valence-corrected chi connectivity index (χ4v) is 1.76. The van der Waals surface area contributed by atoms with E-state index >= 15 is 0 Å². The van der Waals surface area contributed by atoms with Gasteiger partial charge in [0.2, 0.25) is 5.91 Å². The molecule has 0 radical (unpaired) electrons. The summed E-state index contributed by atoms with van der Waals surface area (Å²) in [4.78, 5) is 16.0. The Hall–Kier alpha value is -2.23. The number of fused-ring (bicyclic) bond motifs is 1. The van der Waals surface area contributed by atoms with Gasteiger partial charge in [-0.2, -0.15) is 0 Å². The Morgan fingerprint density at radius 1 is 1.40 bits per heavy atom. The molecule has 0 saturated carbocycles. The highest BCUT2D eigenvalue weighted by Crippen LogP contribution is 2.14. The first-order chi connectivity index (χ1) is 9.58. The zero-order valence-electron chi connectivity index (χ0n) is 11.6. The van der Waals surface area contributed by atoms with Crippen LogP contribution in [0.3, 0.4) is 0 Å². The van der Waals surface area contributed by atoms with Crippen LogP contribution in [0.25, 0.3) is 17.0 Å². The van der Waals surface area contributed by atoms with E-state index in [-0.39, 0.29) is 17.8 Å². The van der Waals surface area contributed by atoms with Gasteiger partial charge >= 0.3 is 0 Å². The lowest BCUT2D eigenvalue weighted by atomic mass is 10.2. The number of nitrogens with zero attached hydrogens (tertiary/aromatic N) is 1. The smallest absolute Gasteiger partial charge is 0.244 e. The third-order valence-electron chi connectivity index (χ3n) is 3.08. The minimum absolute atomic E-state index is 0.139. The van der Waals surface area contributed by atoms with Gasteiger partial charge in [0.25, 0.3) is 0 Å². The van der Waals surface area contributed by atoms with Crippen molar-refractivity contribution in [1.82, 2.24) is 10.3 Å². The molecule has 0 bridgehead atoms. The maximum absolute atomic E-state index is 13.1. The van der Waals surface area contributed by atoms with E-state index in [1.54, 1.807) is 24.3 Å². The van der Waals surface area contributed by atoms with Gasteiger partial charge in [-0.3, -0.25) is 4.79 Å². The van der Waals surface area contributed by atoms with Crippen LogP contribution in [0.2, 0.25) is 0 Å². The molecule has 1 amide bonds. The number of carbonyl (C=O) groups is 1. The number of halogens is 1. The summed E-state index contributed by atoms with van der Waals surface area (Å²) < 4.78 is 13.1. The summed E-state index contributed by atoms with van der Waals surface area (Å²) in [6, 6.07) is 8.14. The molecule has 0 saturated heterocycles. The first-order valence-corrected chi connectivity index (χ1v) is 6.63. The molecule has 20 heavy (non-hydrogen) atoms. The zero-order chi connectivity index (χ0) is 14.5. The maximum Gasteiger partial charge on any atom is 0.244 e. The number of amides is 1. The summed E-state index contributed by atoms with van der Waals surface area (Å²) >= 11 is 0. The van der Waals surface area contributed by atoms with E-state index in [2.05, 4.69) is 10.3 Å². The Labute approximate surface area is 117 Å². The van der Waals surface area contributed by atoms with Gasteiger partial charge in [0.05, 0.1) is 11.2 Å². The molecule has 0 fully saturated rings. The molecule has 2 rings (SSSR count). The standard InChI is InChI=1S/C16H17FN2O/c1-3-11(2)18-16(20)9-7-14-6-4-12-10-13(17)5-8-15(12)19-14/h4-11H,3H2,1-2H3,(H,18,20)/b9-7+. The Kier molecular flexibility index (Phi) is 4.45. The fraction of sp³-hybridized carbons (Fsp3) is 0.250. The number of rotatable bonds is 4. The van der Waals surface area contributed by atoms with Crippen molar-refractivity contribution in [3.8, 4) is 0 Å².